The molecular formula is C17H31N3O5. The summed E-state index contributed by atoms with van der Waals surface area (Å²) >= 11 is 0. The number of carbonyl (C=O) groups excluding carboxylic acids is 3. The summed E-state index contributed by atoms with van der Waals surface area (Å²) in [6.07, 6.45) is -0.310. The van der Waals surface area contributed by atoms with Crippen molar-refractivity contribution in [3.8, 4) is 0 Å². The van der Waals surface area contributed by atoms with E-state index in [2.05, 4.69) is 0 Å². The fourth-order valence-corrected chi connectivity index (χ4v) is 2.78. The number of hydrogen-bond acceptors (Lipinski definition) is 7. The van der Waals surface area contributed by atoms with E-state index in [1.807, 2.05) is 13.8 Å². The molecular weight excluding hydrogens is 326 g/mol. The molecule has 0 saturated carbocycles. The van der Waals surface area contributed by atoms with Crippen molar-refractivity contribution in [1.29, 1.82) is 0 Å². The topological polar surface area (TPSA) is 102 Å². The number of carbonyl (C=O) groups is 3. The van der Waals surface area contributed by atoms with Crippen molar-refractivity contribution >= 4 is 17.8 Å². The van der Waals surface area contributed by atoms with E-state index in [4.69, 9.17) is 15.2 Å². The first-order valence-electron chi connectivity index (χ1n) is 8.53. The van der Waals surface area contributed by atoms with Crippen molar-refractivity contribution in [3.63, 3.8) is 0 Å². The summed E-state index contributed by atoms with van der Waals surface area (Å²) in [5, 5.41) is 0. The average molecular weight is 357 g/mol. The van der Waals surface area contributed by atoms with Gasteiger partial charge in [-0.2, -0.15) is 0 Å². The first-order valence-corrected chi connectivity index (χ1v) is 8.53. The Morgan fingerprint density at radius 3 is 2.00 bits per heavy atom. The van der Waals surface area contributed by atoms with E-state index >= 15 is 0 Å². The first kappa shape index (κ1) is 21.4. The molecule has 144 valence electrons. The summed E-state index contributed by atoms with van der Waals surface area (Å²) < 4.78 is 10.1. The standard InChI is InChI=1S/C17H31N3O5/c1-12(2)14(22)19-7-9-20(10-8-19)17(18,15(23)24-6)11-13(21)25-16(3,4)5/h12H,7-11,18H2,1-6H3. The van der Waals surface area contributed by atoms with Crippen LogP contribution in [0, 0.1) is 5.92 Å². The van der Waals surface area contributed by atoms with Gasteiger partial charge in [-0.1, -0.05) is 13.8 Å². The SMILES string of the molecule is COC(=O)C(N)(CC(=O)OC(C)(C)C)N1CCN(C(=O)C(C)C)CC1. The van der Waals surface area contributed by atoms with Gasteiger partial charge in [0.2, 0.25) is 5.91 Å². The molecule has 1 atom stereocenters. The molecule has 8 nitrogen and oxygen atoms in total. The van der Waals surface area contributed by atoms with E-state index in [9.17, 15) is 14.4 Å². The maximum absolute atomic E-state index is 12.3. The summed E-state index contributed by atoms with van der Waals surface area (Å²) in [6.45, 7) is 10.6. The van der Waals surface area contributed by atoms with E-state index in [-0.39, 0.29) is 18.2 Å². The van der Waals surface area contributed by atoms with Gasteiger partial charge < -0.3 is 20.1 Å². The molecule has 1 aliphatic heterocycles. The molecule has 1 heterocycles. The molecule has 0 aromatic heterocycles. The predicted octanol–water partition coefficient (Wildman–Crippen LogP) is 0.346. The van der Waals surface area contributed by atoms with Gasteiger partial charge in [-0.3, -0.25) is 14.5 Å². The third kappa shape index (κ3) is 5.67. The molecule has 0 aromatic carbocycles. The Balaban J connectivity index is 2.85. The van der Waals surface area contributed by atoms with E-state index in [0.29, 0.717) is 26.2 Å². The van der Waals surface area contributed by atoms with Crippen LogP contribution in [0.1, 0.15) is 41.0 Å². The molecule has 1 rings (SSSR count). The van der Waals surface area contributed by atoms with Crippen LogP contribution in [0.3, 0.4) is 0 Å². The summed E-state index contributed by atoms with van der Waals surface area (Å²) in [7, 11) is 1.23. The van der Waals surface area contributed by atoms with Crippen molar-refractivity contribution in [1.82, 2.24) is 9.80 Å². The lowest BCUT2D eigenvalue weighted by molar-refractivity contribution is -0.170. The van der Waals surface area contributed by atoms with E-state index in [0.717, 1.165) is 0 Å². The lowest BCUT2D eigenvalue weighted by Gasteiger charge is -2.43. The minimum Gasteiger partial charge on any atom is -0.467 e. The fourth-order valence-electron chi connectivity index (χ4n) is 2.78. The number of esters is 2. The molecule has 0 bridgehead atoms. The second-order valence-corrected chi connectivity index (χ2v) is 7.65. The number of nitrogens with zero attached hydrogens (tertiary/aromatic N) is 2. The minimum absolute atomic E-state index is 0.0625. The van der Waals surface area contributed by atoms with Crippen LogP contribution in [0.4, 0.5) is 0 Å². The predicted molar refractivity (Wildman–Crippen MR) is 92.4 cm³/mol. The van der Waals surface area contributed by atoms with Crippen LogP contribution in [-0.4, -0.2) is 72.2 Å². The zero-order valence-electron chi connectivity index (χ0n) is 16.1. The molecule has 1 unspecified atom stereocenters. The Morgan fingerprint density at radius 1 is 1.08 bits per heavy atom. The number of nitrogens with two attached hydrogens (primary N) is 1. The van der Waals surface area contributed by atoms with Crippen molar-refractivity contribution in [2.45, 2.75) is 52.3 Å². The van der Waals surface area contributed by atoms with Crippen LogP contribution in [0.2, 0.25) is 0 Å². The smallest absolute Gasteiger partial charge is 0.341 e. The second-order valence-electron chi connectivity index (χ2n) is 7.65. The van der Waals surface area contributed by atoms with Gasteiger partial charge in [0.1, 0.15) is 5.60 Å². The van der Waals surface area contributed by atoms with Gasteiger partial charge in [-0.25, -0.2) is 4.79 Å². The minimum atomic E-state index is -1.61. The zero-order chi connectivity index (χ0) is 19.4. The van der Waals surface area contributed by atoms with Crippen LogP contribution >= 0.6 is 0 Å². The van der Waals surface area contributed by atoms with Crippen LogP contribution < -0.4 is 5.73 Å². The molecule has 1 aliphatic rings. The van der Waals surface area contributed by atoms with Gasteiger partial charge >= 0.3 is 11.9 Å². The van der Waals surface area contributed by atoms with E-state index < -0.39 is 23.2 Å². The van der Waals surface area contributed by atoms with Gasteiger partial charge in [-0.15, -0.1) is 0 Å². The van der Waals surface area contributed by atoms with E-state index in [1.165, 1.54) is 7.11 Å². The molecule has 1 saturated heterocycles. The summed E-state index contributed by atoms with van der Waals surface area (Å²) in [5.41, 5.74) is 4.00. The second kappa shape index (κ2) is 8.14. The van der Waals surface area contributed by atoms with Crippen molar-refractivity contribution in [2.24, 2.45) is 11.7 Å². The Kier molecular flexibility index (Phi) is 6.96. The molecule has 25 heavy (non-hydrogen) atoms. The Labute approximate surface area is 149 Å². The molecule has 0 radical (unpaired) electrons. The molecule has 2 N–H and O–H groups in total. The van der Waals surface area contributed by atoms with Gasteiger partial charge in [-0.05, 0) is 20.8 Å². The first-order chi connectivity index (χ1) is 11.4. The average Bonchev–Trinajstić information content (AvgIpc) is 2.51. The molecule has 0 aromatic rings. The number of hydrogen-bond donors (Lipinski definition) is 1. The van der Waals surface area contributed by atoms with Gasteiger partial charge in [0.25, 0.3) is 0 Å². The number of methoxy groups -OCH3 is 1. The van der Waals surface area contributed by atoms with Crippen molar-refractivity contribution in [3.05, 3.63) is 0 Å². The maximum atomic E-state index is 12.3. The van der Waals surface area contributed by atoms with Gasteiger partial charge in [0.15, 0.2) is 5.66 Å². The number of rotatable bonds is 5. The molecule has 1 amide bonds. The molecule has 0 spiro atoms. The summed E-state index contributed by atoms with van der Waals surface area (Å²) in [4.78, 5) is 40.0. The summed E-state index contributed by atoms with van der Waals surface area (Å²) in [6, 6.07) is 0. The highest BCUT2D eigenvalue weighted by Crippen LogP contribution is 2.21. The van der Waals surface area contributed by atoms with Crippen molar-refractivity contribution in [2.75, 3.05) is 33.3 Å². The summed E-state index contributed by atoms with van der Waals surface area (Å²) in [5.74, 6) is -1.29. The number of amides is 1. The highest BCUT2D eigenvalue weighted by molar-refractivity contribution is 5.86. The van der Waals surface area contributed by atoms with Gasteiger partial charge in [0, 0.05) is 32.1 Å². The Morgan fingerprint density at radius 2 is 1.60 bits per heavy atom. The van der Waals surface area contributed by atoms with Gasteiger partial charge in [0.05, 0.1) is 13.5 Å². The normalized spacial score (nSPS) is 18.6. The monoisotopic (exact) mass is 357 g/mol. The number of ether oxygens (including phenoxy) is 2. The quantitative estimate of drug-likeness (QED) is 0.708. The fraction of sp³-hybridized carbons (Fsp3) is 0.824. The number of piperazine rings is 1. The zero-order valence-corrected chi connectivity index (χ0v) is 16.1. The highest BCUT2D eigenvalue weighted by atomic mass is 16.6. The Bertz CT molecular complexity index is 507. The largest absolute Gasteiger partial charge is 0.467 e. The van der Waals surface area contributed by atoms with Crippen molar-refractivity contribution < 1.29 is 23.9 Å². The molecule has 0 aliphatic carbocycles. The lowest BCUT2D eigenvalue weighted by atomic mass is 10.0. The lowest BCUT2D eigenvalue weighted by Crippen LogP contribution is -2.67. The van der Waals surface area contributed by atoms with Crippen LogP contribution in [0.15, 0.2) is 0 Å². The Hall–Kier alpha value is -1.67. The molecule has 1 fully saturated rings. The van der Waals surface area contributed by atoms with Crippen LogP contribution in [-0.2, 0) is 23.9 Å². The third-order valence-electron chi connectivity index (χ3n) is 4.02. The van der Waals surface area contributed by atoms with E-state index in [1.54, 1.807) is 30.6 Å². The van der Waals surface area contributed by atoms with Crippen LogP contribution in [0.5, 0.6) is 0 Å². The third-order valence-corrected chi connectivity index (χ3v) is 4.02. The maximum Gasteiger partial charge on any atom is 0.341 e. The highest BCUT2D eigenvalue weighted by Gasteiger charge is 2.46. The van der Waals surface area contributed by atoms with Crippen LogP contribution in [0.25, 0.3) is 0 Å². The molecule has 8 heteroatoms.